The van der Waals surface area contributed by atoms with E-state index in [9.17, 15) is 24.1 Å². The Morgan fingerprint density at radius 2 is 1.91 bits per heavy atom. The fourth-order valence-corrected chi connectivity index (χ4v) is 4.23. The van der Waals surface area contributed by atoms with E-state index in [4.69, 9.17) is 27.6 Å². The SMILES string of the molecule is O=C1S/C(=C\c2ccc(-c3ccc(Cl)c([N+](=O)[O-])c3)o2)C(=O)N1Cc1c(F)cccc1Cl. The number of hydrogen-bond acceptors (Lipinski definition) is 6. The van der Waals surface area contributed by atoms with Crippen LogP contribution in [0.1, 0.15) is 11.3 Å². The van der Waals surface area contributed by atoms with E-state index in [2.05, 4.69) is 0 Å². The number of nitrogens with zero attached hydrogens (tertiary/aromatic N) is 2. The lowest BCUT2D eigenvalue weighted by Crippen LogP contribution is -2.28. The Morgan fingerprint density at radius 3 is 2.62 bits per heavy atom. The summed E-state index contributed by atoms with van der Waals surface area (Å²) in [4.78, 5) is 36.5. The van der Waals surface area contributed by atoms with E-state index < -0.39 is 21.9 Å². The number of hydrogen-bond donors (Lipinski definition) is 0. The van der Waals surface area contributed by atoms with Crippen molar-refractivity contribution >= 4 is 57.9 Å². The van der Waals surface area contributed by atoms with E-state index >= 15 is 0 Å². The van der Waals surface area contributed by atoms with Crippen LogP contribution in [-0.4, -0.2) is 21.0 Å². The molecular formula is C21H11Cl2FN2O5S. The van der Waals surface area contributed by atoms with Gasteiger partial charge in [-0.25, -0.2) is 4.39 Å². The number of halogens is 3. The van der Waals surface area contributed by atoms with E-state index in [1.54, 1.807) is 18.2 Å². The average molecular weight is 493 g/mol. The maximum Gasteiger partial charge on any atom is 0.293 e. The Morgan fingerprint density at radius 1 is 1.12 bits per heavy atom. The van der Waals surface area contributed by atoms with Gasteiger partial charge in [-0.05, 0) is 48.2 Å². The van der Waals surface area contributed by atoms with Gasteiger partial charge in [-0.1, -0.05) is 29.3 Å². The van der Waals surface area contributed by atoms with E-state index in [0.717, 1.165) is 4.90 Å². The van der Waals surface area contributed by atoms with E-state index in [0.29, 0.717) is 23.1 Å². The molecule has 0 aliphatic carbocycles. The van der Waals surface area contributed by atoms with Crippen LogP contribution in [0.4, 0.5) is 14.9 Å². The maximum absolute atomic E-state index is 14.0. The zero-order chi connectivity index (χ0) is 23.0. The summed E-state index contributed by atoms with van der Waals surface area (Å²) in [5.74, 6) is -0.659. The predicted molar refractivity (Wildman–Crippen MR) is 119 cm³/mol. The summed E-state index contributed by atoms with van der Waals surface area (Å²) in [6, 6.07) is 11.4. The van der Waals surface area contributed by atoms with Crippen molar-refractivity contribution in [1.29, 1.82) is 0 Å². The zero-order valence-electron chi connectivity index (χ0n) is 15.9. The molecule has 3 aromatic rings. The zero-order valence-corrected chi connectivity index (χ0v) is 18.2. The molecule has 2 amide bonds. The van der Waals surface area contributed by atoms with Crippen LogP contribution in [-0.2, 0) is 11.3 Å². The van der Waals surface area contributed by atoms with Gasteiger partial charge in [-0.15, -0.1) is 0 Å². The third kappa shape index (κ3) is 4.27. The first-order valence-corrected chi connectivity index (χ1v) is 10.5. The molecule has 1 aromatic heterocycles. The number of imide groups is 1. The van der Waals surface area contributed by atoms with Crippen molar-refractivity contribution in [2.45, 2.75) is 6.54 Å². The Bertz CT molecular complexity index is 1290. The van der Waals surface area contributed by atoms with Gasteiger partial charge in [0.2, 0.25) is 0 Å². The van der Waals surface area contributed by atoms with Gasteiger partial charge in [0, 0.05) is 28.3 Å². The molecule has 162 valence electrons. The third-order valence-electron chi connectivity index (χ3n) is 4.58. The van der Waals surface area contributed by atoms with Crippen LogP contribution in [0.5, 0.6) is 0 Å². The lowest BCUT2D eigenvalue weighted by atomic mass is 10.1. The monoisotopic (exact) mass is 492 g/mol. The lowest BCUT2D eigenvalue weighted by Gasteiger charge is -2.14. The number of nitro benzene ring substituents is 1. The molecule has 0 saturated carbocycles. The molecular weight excluding hydrogens is 482 g/mol. The predicted octanol–water partition coefficient (Wildman–Crippen LogP) is 6.54. The molecule has 2 aromatic carbocycles. The summed E-state index contributed by atoms with van der Waals surface area (Å²) in [7, 11) is 0. The van der Waals surface area contributed by atoms with E-state index in [1.807, 2.05) is 0 Å². The van der Waals surface area contributed by atoms with Crippen LogP contribution < -0.4 is 0 Å². The molecule has 1 aliphatic rings. The van der Waals surface area contributed by atoms with Crippen LogP contribution in [0.25, 0.3) is 17.4 Å². The van der Waals surface area contributed by atoms with Crippen molar-refractivity contribution in [2.75, 3.05) is 0 Å². The van der Waals surface area contributed by atoms with Crippen LogP contribution in [0.2, 0.25) is 10.0 Å². The number of nitro groups is 1. The maximum atomic E-state index is 14.0. The van der Waals surface area contributed by atoms with Crippen molar-refractivity contribution in [2.24, 2.45) is 0 Å². The Kier molecular flexibility index (Phi) is 6.05. The molecule has 4 rings (SSSR count). The fourth-order valence-electron chi connectivity index (χ4n) is 3.00. The molecule has 7 nitrogen and oxygen atoms in total. The van der Waals surface area contributed by atoms with Crippen molar-refractivity contribution in [1.82, 2.24) is 4.90 Å². The van der Waals surface area contributed by atoms with Crippen molar-refractivity contribution in [3.63, 3.8) is 0 Å². The van der Waals surface area contributed by atoms with Gasteiger partial charge in [0.05, 0.1) is 16.4 Å². The summed E-state index contributed by atoms with van der Waals surface area (Å²) >= 11 is 12.5. The van der Waals surface area contributed by atoms with Crippen LogP contribution in [0.3, 0.4) is 0 Å². The van der Waals surface area contributed by atoms with E-state index in [1.165, 1.54) is 36.4 Å². The molecule has 0 atom stereocenters. The number of rotatable bonds is 5. The molecule has 2 heterocycles. The van der Waals surface area contributed by atoms with E-state index in [-0.39, 0.29) is 38.5 Å². The van der Waals surface area contributed by atoms with Gasteiger partial charge >= 0.3 is 0 Å². The average Bonchev–Trinajstić information content (AvgIpc) is 3.30. The molecule has 11 heteroatoms. The standard InChI is InChI=1S/C21H11Cl2FN2O5S/c22-14-2-1-3-16(24)13(14)10-25-20(27)19(32-21(25)28)9-12-5-7-18(31-12)11-4-6-15(23)17(8-11)26(29)30/h1-9H,10H2/b19-9-. The molecule has 1 saturated heterocycles. The highest BCUT2D eigenvalue weighted by molar-refractivity contribution is 8.18. The number of carbonyl (C=O) groups excluding carboxylic acids is 2. The number of amides is 2. The summed E-state index contributed by atoms with van der Waals surface area (Å²) in [6.07, 6.45) is 1.38. The van der Waals surface area contributed by atoms with Gasteiger partial charge in [0.1, 0.15) is 22.4 Å². The Balaban J connectivity index is 1.57. The van der Waals surface area contributed by atoms with Crippen molar-refractivity contribution < 1.29 is 23.3 Å². The second kappa shape index (κ2) is 8.78. The second-order valence-electron chi connectivity index (χ2n) is 6.59. The topological polar surface area (TPSA) is 93.7 Å². The largest absolute Gasteiger partial charge is 0.457 e. The van der Waals surface area contributed by atoms with Crippen LogP contribution in [0.15, 0.2) is 57.9 Å². The first-order chi connectivity index (χ1) is 15.2. The van der Waals surface area contributed by atoms with Crippen LogP contribution in [0, 0.1) is 15.9 Å². The van der Waals surface area contributed by atoms with Gasteiger partial charge in [-0.3, -0.25) is 24.6 Å². The molecule has 0 bridgehead atoms. The van der Waals surface area contributed by atoms with Crippen molar-refractivity contribution in [3.8, 4) is 11.3 Å². The summed E-state index contributed by atoms with van der Waals surface area (Å²) in [5, 5.41) is 10.6. The summed E-state index contributed by atoms with van der Waals surface area (Å²) < 4.78 is 19.7. The van der Waals surface area contributed by atoms with Crippen LogP contribution >= 0.6 is 35.0 Å². The minimum Gasteiger partial charge on any atom is -0.457 e. The molecule has 0 unspecified atom stereocenters. The Labute approximate surface area is 194 Å². The summed E-state index contributed by atoms with van der Waals surface area (Å²) in [5.41, 5.74) is 0.195. The normalized spacial score (nSPS) is 15.1. The smallest absolute Gasteiger partial charge is 0.293 e. The molecule has 0 radical (unpaired) electrons. The minimum atomic E-state index is -0.617. The van der Waals surface area contributed by atoms with Gasteiger partial charge < -0.3 is 4.42 Å². The highest BCUT2D eigenvalue weighted by Gasteiger charge is 2.36. The Hall–Kier alpha value is -3.14. The minimum absolute atomic E-state index is 0.00541. The highest BCUT2D eigenvalue weighted by atomic mass is 35.5. The molecule has 0 N–H and O–H groups in total. The number of thioether (sulfide) groups is 1. The molecule has 0 spiro atoms. The third-order valence-corrected chi connectivity index (χ3v) is 6.16. The lowest BCUT2D eigenvalue weighted by molar-refractivity contribution is -0.384. The molecule has 1 fully saturated rings. The molecule has 1 aliphatic heterocycles. The quantitative estimate of drug-likeness (QED) is 0.228. The second-order valence-corrected chi connectivity index (χ2v) is 8.40. The fraction of sp³-hybridized carbons (Fsp3) is 0.0476. The molecule has 32 heavy (non-hydrogen) atoms. The number of carbonyl (C=O) groups is 2. The summed E-state index contributed by atoms with van der Waals surface area (Å²) in [6.45, 7) is -0.300. The first-order valence-electron chi connectivity index (χ1n) is 8.97. The van der Waals surface area contributed by atoms with Crippen molar-refractivity contribution in [3.05, 3.63) is 90.7 Å². The van der Waals surface area contributed by atoms with Gasteiger partial charge in [0.25, 0.3) is 16.8 Å². The highest BCUT2D eigenvalue weighted by Crippen LogP contribution is 2.36. The number of furan rings is 1. The number of benzene rings is 2. The van der Waals surface area contributed by atoms with Gasteiger partial charge in [-0.2, -0.15) is 0 Å². The first kappa shape index (κ1) is 22.1. The van der Waals surface area contributed by atoms with Gasteiger partial charge in [0.15, 0.2) is 0 Å².